The number of rotatable bonds is 14. The molecule has 0 fully saturated rings. The number of hydrogen-bond acceptors (Lipinski definition) is 5. The van der Waals surface area contributed by atoms with Crippen LogP contribution in [-0.4, -0.2) is 49.2 Å². The van der Waals surface area contributed by atoms with Crippen LogP contribution in [0.2, 0.25) is 0 Å². The van der Waals surface area contributed by atoms with E-state index in [1.165, 1.54) is 19.1 Å². The number of halogens is 1. The third-order valence-corrected chi connectivity index (χ3v) is 5.70. The van der Waals surface area contributed by atoms with Crippen LogP contribution >= 0.6 is 0 Å². The summed E-state index contributed by atoms with van der Waals surface area (Å²) in [6.45, 7) is 9.32. The summed E-state index contributed by atoms with van der Waals surface area (Å²) in [7, 11) is 0. The lowest BCUT2D eigenvalue weighted by Gasteiger charge is -2.16. The molecule has 0 aliphatic heterocycles. The molecular weight excluding hydrogens is 477 g/mol. The minimum Gasteiger partial charge on any atom is -0.481 e. The van der Waals surface area contributed by atoms with Gasteiger partial charge in [0.1, 0.15) is 0 Å². The maximum Gasteiger partial charge on any atom is 0.305 e. The molecule has 3 atom stereocenters. The summed E-state index contributed by atoms with van der Waals surface area (Å²) in [5.41, 5.74) is 2.30. The van der Waals surface area contributed by atoms with Crippen LogP contribution in [0.5, 0.6) is 0 Å². The van der Waals surface area contributed by atoms with Crippen molar-refractivity contribution in [2.24, 2.45) is 0 Å². The van der Waals surface area contributed by atoms with Gasteiger partial charge in [-0.2, -0.15) is 5.10 Å². The standard InChI is InChI=1S/C28H36FN3O5/c1-5-21(12-11-19(4)29)32-24(14-13-22(33)15-23(34)16-25(35)36)26(18(2)3)27(31-32)28(37)30-17-20-9-7-6-8-10-20/h5-11,13-14,18,21-23,33-34H,1,12,15-17H2,2-4H3,(H,30,37)(H,35,36)/b14-13+,19-11+/t21?,22-,23-/m1/s1. The van der Waals surface area contributed by atoms with Crippen molar-refractivity contribution in [3.8, 4) is 0 Å². The first-order valence-electron chi connectivity index (χ1n) is 12.2. The molecule has 0 aliphatic rings. The maximum atomic E-state index is 13.5. The lowest BCUT2D eigenvalue weighted by Crippen LogP contribution is -2.24. The summed E-state index contributed by atoms with van der Waals surface area (Å²) in [5, 5.41) is 36.6. The number of allylic oxidation sites excluding steroid dienone is 3. The average Bonchev–Trinajstić information content (AvgIpc) is 3.21. The van der Waals surface area contributed by atoms with Crippen LogP contribution in [0.1, 0.15) is 79.3 Å². The Morgan fingerprint density at radius 1 is 1.22 bits per heavy atom. The summed E-state index contributed by atoms with van der Waals surface area (Å²) in [5.74, 6) is -2.04. The molecule has 0 saturated heterocycles. The maximum absolute atomic E-state index is 13.5. The molecule has 0 spiro atoms. The Morgan fingerprint density at radius 3 is 2.46 bits per heavy atom. The second-order valence-electron chi connectivity index (χ2n) is 9.16. The van der Waals surface area contributed by atoms with Gasteiger partial charge in [0.25, 0.3) is 5.91 Å². The first kappa shape index (κ1) is 29.7. The summed E-state index contributed by atoms with van der Waals surface area (Å²) in [6, 6.07) is 8.97. The molecule has 2 rings (SSSR count). The SMILES string of the molecule is C=CC(C/C=C(\C)F)n1nc(C(=O)NCc2ccccc2)c(C(C)C)c1/C=C/[C@@H](O)C[C@@H](O)CC(=O)O. The van der Waals surface area contributed by atoms with E-state index in [4.69, 9.17) is 5.11 Å². The first-order chi connectivity index (χ1) is 17.5. The van der Waals surface area contributed by atoms with Gasteiger partial charge in [-0.1, -0.05) is 62.4 Å². The van der Waals surface area contributed by atoms with Crippen molar-refractivity contribution in [3.63, 3.8) is 0 Å². The molecule has 8 nitrogen and oxygen atoms in total. The normalized spacial score (nSPS) is 14.5. The highest BCUT2D eigenvalue weighted by atomic mass is 19.1. The number of amides is 1. The number of aliphatic hydroxyl groups is 2. The molecular formula is C28H36FN3O5. The molecule has 9 heteroatoms. The van der Waals surface area contributed by atoms with E-state index in [2.05, 4.69) is 17.0 Å². The van der Waals surface area contributed by atoms with Crippen molar-refractivity contribution < 1.29 is 29.3 Å². The molecule has 2 aromatic rings. The molecule has 200 valence electrons. The van der Waals surface area contributed by atoms with E-state index in [0.29, 0.717) is 17.8 Å². The molecule has 0 bridgehead atoms. The van der Waals surface area contributed by atoms with E-state index in [1.807, 2.05) is 44.2 Å². The molecule has 0 aliphatic carbocycles. The molecule has 1 aromatic heterocycles. The zero-order valence-electron chi connectivity index (χ0n) is 21.5. The fourth-order valence-corrected chi connectivity index (χ4v) is 3.90. The Labute approximate surface area is 216 Å². The Bertz CT molecular complexity index is 1120. The summed E-state index contributed by atoms with van der Waals surface area (Å²) >= 11 is 0. The van der Waals surface area contributed by atoms with Gasteiger partial charge in [0.2, 0.25) is 0 Å². The summed E-state index contributed by atoms with van der Waals surface area (Å²) < 4.78 is 15.1. The van der Waals surface area contributed by atoms with E-state index >= 15 is 0 Å². The molecule has 0 saturated carbocycles. The Balaban J connectivity index is 2.47. The van der Waals surface area contributed by atoms with E-state index in [9.17, 15) is 24.2 Å². The van der Waals surface area contributed by atoms with Crippen LogP contribution in [0.4, 0.5) is 4.39 Å². The Hall–Kier alpha value is -3.56. The van der Waals surface area contributed by atoms with Crippen LogP contribution in [0.25, 0.3) is 6.08 Å². The minimum atomic E-state index is -1.22. The quantitative estimate of drug-likeness (QED) is 0.275. The second kappa shape index (κ2) is 14.2. The van der Waals surface area contributed by atoms with Gasteiger partial charge in [-0.3, -0.25) is 14.3 Å². The highest BCUT2D eigenvalue weighted by Crippen LogP contribution is 2.29. The highest BCUT2D eigenvalue weighted by Gasteiger charge is 2.26. The Morgan fingerprint density at radius 2 is 1.89 bits per heavy atom. The largest absolute Gasteiger partial charge is 0.481 e. The van der Waals surface area contributed by atoms with Gasteiger partial charge in [0.05, 0.1) is 36.2 Å². The number of benzene rings is 1. The van der Waals surface area contributed by atoms with E-state index in [-0.39, 0.29) is 36.2 Å². The lowest BCUT2D eigenvalue weighted by atomic mass is 9.98. The predicted octanol–water partition coefficient (Wildman–Crippen LogP) is 4.53. The van der Waals surface area contributed by atoms with Crippen LogP contribution in [0.15, 0.2) is 61.0 Å². The lowest BCUT2D eigenvalue weighted by molar-refractivity contribution is -0.139. The van der Waals surface area contributed by atoms with Gasteiger partial charge in [-0.25, -0.2) is 4.39 Å². The smallest absolute Gasteiger partial charge is 0.305 e. The number of carbonyl (C=O) groups excluding carboxylic acids is 1. The zero-order valence-corrected chi connectivity index (χ0v) is 21.5. The van der Waals surface area contributed by atoms with Crippen molar-refractivity contribution in [3.05, 3.63) is 83.5 Å². The number of nitrogens with zero attached hydrogens (tertiary/aromatic N) is 2. The van der Waals surface area contributed by atoms with Gasteiger partial charge in [-0.05, 0) is 30.9 Å². The number of aliphatic hydroxyl groups excluding tert-OH is 2. The van der Waals surface area contributed by atoms with Crippen molar-refractivity contribution in [1.29, 1.82) is 0 Å². The van der Waals surface area contributed by atoms with Gasteiger partial charge in [-0.15, -0.1) is 6.58 Å². The van der Waals surface area contributed by atoms with Crippen molar-refractivity contribution in [1.82, 2.24) is 15.1 Å². The fraction of sp³-hybridized carbons (Fsp3) is 0.393. The van der Waals surface area contributed by atoms with Crippen molar-refractivity contribution >= 4 is 18.0 Å². The molecule has 37 heavy (non-hydrogen) atoms. The average molecular weight is 514 g/mol. The van der Waals surface area contributed by atoms with Crippen LogP contribution in [-0.2, 0) is 11.3 Å². The van der Waals surface area contributed by atoms with Crippen molar-refractivity contribution in [2.75, 3.05) is 0 Å². The number of aromatic nitrogens is 2. The van der Waals surface area contributed by atoms with E-state index in [1.54, 1.807) is 16.8 Å². The topological polar surface area (TPSA) is 125 Å². The third-order valence-electron chi connectivity index (χ3n) is 5.70. The van der Waals surface area contributed by atoms with E-state index in [0.717, 1.165) is 5.56 Å². The number of carboxylic acid groups (broad SMARTS) is 1. The van der Waals surface area contributed by atoms with Crippen LogP contribution < -0.4 is 5.32 Å². The number of carbonyl (C=O) groups is 2. The van der Waals surface area contributed by atoms with Crippen LogP contribution in [0, 0.1) is 0 Å². The minimum absolute atomic E-state index is 0.135. The summed E-state index contributed by atoms with van der Waals surface area (Å²) in [6.07, 6.45) is 3.26. The van der Waals surface area contributed by atoms with Gasteiger partial charge in [0.15, 0.2) is 5.69 Å². The molecule has 0 radical (unpaired) electrons. The third kappa shape index (κ3) is 9.11. The summed E-state index contributed by atoms with van der Waals surface area (Å²) in [4.78, 5) is 24.0. The molecule has 1 unspecified atom stereocenters. The number of hydrogen-bond donors (Lipinski definition) is 4. The van der Waals surface area contributed by atoms with Gasteiger partial charge >= 0.3 is 5.97 Å². The monoisotopic (exact) mass is 513 g/mol. The number of carboxylic acids is 1. The van der Waals surface area contributed by atoms with Crippen LogP contribution in [0.3, 0.4) is 0 Å². The zero-order chi connectivity index (χ0) is 27.5. The number of aliphatic carboxylic acids is 1. The van der Waals surface area contributed by atoms with Gasteiger partial charge in [0, 0.05) is 18.5 Å². The molecule has 1 amide bonds. The van der Waals surface area contributed by atoms with Crippen molar-refractivity contribution in [2.45, 2.75) is 70.7 Å². The second-order valence-corrected chi connectivity index (χ2v) is 9.16. The predicted molar refractivity (Wildman–Crippen MR) is 141 cm³/mol. The molecule has 1 aromatic carbocycles. The molecule has 1 heterocycles. The molecule has 4 N–H and O–H groups in total. The Kier molecular flexibility index (Phi) is 11.4. The first-order valence-corrected chi connectivity index (χ1v) is 12.2. The van der Waals surface area contributed by atoms with Gasteiger partial charge < -0.3 is 20.6 Å². The van der Waals surface area contributed by atoms with E-state index < -0.39 is 30.6 Å². The highest BCUT2D eigenvalue weighted by molar-refractivity contribution is 5.94. The number of nitrogens with one attached hydrogen (secondary N) is 1. The fourth-order valence-electron chi connectivity index (χ4n) is 3.90.